The van der Waals surface area contributed by atoms with Crippen LogP contribution in [0.4, 0.5) is 5.00 Å². The van der Waals surface area contributed by atoms with E-state index < -0.39 is 10.9 Å². The Balaban J connectivity index is 1.60. The Hall–Kier alpha value is -3.14. The second-order valence-electron chi connectivity index (χ2n) is 6.95. The number of nitrogens with zero attached hydrogens (tertiary/aromatic N) is 2. The molecule has 31 heavy (non-hydrogen) atoms. The summed E-state index contributed by atoms with van der Waals surface area (Å²) in [4.78, 5) is 36.8. The largest absolute Gasteiger partial charge is 0.490 e. The predicted molar refractivity (Wildman–Crippen MR) is 114 cm³/mol. The molecule has 1 aromatic heterocycles. The van der Waals surface area contributed by atoms with Crippen molar-refractivity contribution in [1.29, 1.82) is 0 Å². The van der Waals surface area contributed by atoms with E-state index in [2.05, 4.69) is 0 Å². The summed E-state index contributed by atoms with van der Waals surface area (Å²) in [6.45, 7) is 3.48. The van der Waals surface area contributed by atoms with Gasteiger partial charge in [0.2, 0.25) is 0 Å². The van der Waals surface area contributed by atoms with E-state index in [1.807, 2.05) is 0 Å². The van der Waals surface area contributed by atoms with Gasteiger partial charge in [0, 0.05) is 30.1 Å². The summed E-state index contributed by atoms with van der Waals surface area (Å²) in [6.07, 6.45) is 3.15. The van der Waals surface area contributed by atoms with E-state index in [9.17, 15) is 19.7 Å². The van der Waals surface area contributed by atoms with Gasteiger partial charge in [-0.25, -0.2) is 4.79 Å². The second kappa shape index (κ2) is 10.8. The molecule has 0 saturated carbocycles. The van der Waals surface area contributed by atoms with Gasteiger partial charge in [-0.05, 0) is 44.4 Å². The Kier molecular flexibility index (Phi) is 7.82. The number of nitro groups is 1. The zero-order valence-corrected chi connectivity index (χ0v) is 18.0. The normalized spacial score (nSPS) is 13.5. The average Bonchev–Trinajstić information content (AvgIpc) is 3.26. The molecule has 9 nitrogen and oxygen atoms in total. The monoisotopic (exact) mass is 448 g/mol. The maximum atomic E-state index is 12.4. The number of hydrogen-bond acceptors (Lipinski definition) is 8. The molecule has 1 fully saturated rings. The number of ether oxygens (including phenoxy) is 3. The fourth-order valence-electron chi connectivity index (χ4n) is 3.16. The standard InChI is InChI=1S/C21H24N2O7S/c1-2-28-18-11-16(21(25)30-12-15-10-20(23(26)27)31-14-15)6-7-17(18)29-13-19(24)22-8-4-3-5-9-22/h6-7,10-11,14H,2-5,8-9,12-13H2,1H3. The van der Waals surface area contributed by atoms with Crippen LogP contribution in [0.15, 0.2) is 29.6 Å². The van der Waals surface area contributed by atoms with Crippen LogP contribution in [-0.2, 0) is 16.1 Å². The lowest BCUT2D eigenvalue weighted by Gasteiger charge is -2.26. The number of likely N-dealkylation sites (tertiary alicyclic amines) is 1. The molecule has 1 amide bonds. The Bertz CT molecular complexity index is 938. The van der Waals surface area contributed by atoms with E-state index >= 15 is 0 Å². The Morgan fingerprint density at radius 2 is 1.90 bits per heavy atom. The first-order valence-corrected chi connectivity index (χ1v) is 10.9. The number of esters is 1. The van der Waals surface area contributed by atoms with Crippen LogP contribution in [-0.4, -0.2) is 48.0 Å². The Morgan fingerprint density at radius 1 is 1.13 bits per heavy atom. The lowest BCUT2D eigenvalue weighted by molar-refractivity contribution is -0.380. The van der Waals surface area contributed by atoms with Crippen molar-refractivity contribution in [2.45, 2.75) is 32.8 Å². The van der Waals surface area contributed by atoms with E-state index in [4.69, 9.17) is 14.2 Å². The summed E-state index contributed by atoms with van der Waals surface area (Å²) in [5.74, 6) is 0.0491. The number of piperidine rings is 1. The summed E-state index contributed by atoms with van der Waals surface area (Å²) >= 11 is 0.976. The molecule has 1 aliphatic rings. The van der Waals surface area contributed by atoms with Gasteiger partial charge in [-0.15, -0.1) is 0 Å². The molecule has 1 aliphatic heterocycles. The molecule has 0 spiro atoms. The van der Waals surface area contributed by atoms with Gasteiger partial charge in [0.15, 0.2) is 18.1 Å². The maximum absolute atomic E-state index is 12.4. The average molecular weight is 448 g/mol. The minimum Gasteiger partial charge on any atom is -0.490 e. The number of benzene rings is 1. The SMILES string of the molecule is CCOc1cc(C(=O)OCc2csc([N+](=O)[O-])c2)ccc1OCC(=O)N1CCCCC1. The third kappa shape index (κ3) is 6.17. The quantitative estimate of drug-likeness (QED) is 0.326. The van der Waals surface area contributed by atoms with Crippen LogP contribution in [0.2, 0.25) is 0 Å². The van der Waals surface area contributed by atoms with Gasteiger partial charge in [0.1, 0.15) is 6.61 Å². The van der Waals surface area contributed by atoms with Gasteiger partial charge < -0.3 is 19.1 Å². The summed E-state index contributed by atoms with van der Waals surface area (Å²) in [6, 6.07) is 5.98. The highest BCUT2D eigenvalue weighted by Crippen LogP contribution is 2.29. The molecule has 3 rings (SSSR count). The highest BCUT2D eigenvalue weighted by Gasteiger charge is 2.19. The van der Waals surface area contributed by atoms with Crippen molar-refractivity contribution < 1.29 is 28.7 Å². The first-order chi connectivity index (χ1) is 15.0. The van der Waals surface area contributed by atoms with E-state index in [1.165, 1.54) is 18.2 Å². The van der Waals surface area contributed by atoms with Gasteiger partial charge in [-0.3, -0.25) is 14.9 Å². The first kappa shape index (κ1) is 22.5. The summed E-state index contributed by atoms with van der Waals surface area (Å²) in [5, 5.41) is 12.3. The van der Waals surface area contributed by atoms with Crippen molar-refractivity contribution in [3.05, 3.63) is 50.9 Å². The zero-order valence-electron chi connectivity index (χ0n) is 17.2. The number of hydrogen-bond donors (Lipinski definition) is 0. The van der Waals surface area contributed by atoms with Crippen molar-refractivity contribution in [1.82, 2.24) is 4.90 Å². The molecule has 0 N–H and O–H groups in total. The minimum absolute atomic E-state index is 0.00900. The van der Waals surface area contributed by atoms with Crippen LogP contribution in [0.1, 0.15) is 42.1 Å². The molecule has 0 aliphatic carbocycles. The molecule has 2 aromatic rings. The zero-order chi connectivity index (χ0) is 22.2. The van der Waals surface area contributed by atoms with Crippen LogP contribution in [0.5, 0.6) is 11.5 Å². The topological polar surface area (TPSA) is 108 Å². The summed E-state index contributed by atoms with van der Waals surface area (Å²) in [7, 11) is 0. The van der Waals surface area contributed by atoms with Crippen molar-refractivity contribution in [3.63, 3.8) is 0 Å². The number of carbonyl (C=O) groups excluding carboxylic acids is 2. The summed E-state index contributed by atoms with van der Waals surface area (Å²) in [5.41, 5.74) is 0.800. The van der Waals surface area contributed by atoms with Gasteiger partial charge in [0.05, 0.1) is 17.1 Å². The third-order valence-electron chi connectivity index (χ3n) is 4.73. The number of thiophene rings is 1. The maximum Gasteiger partial charge on any atom is 0.338 e. The van der Waals surface area contributed by atoms with Crippen molar-refractivity contribution in [3.8, 4) is 11.5 Å². The van der Waals surface area contributed by atoms with Crippen LogP contribution in [0, 0.1) is 10.1 Å². The van der Waals surface area contributed by atoms with E-state index in [0.717, 1.165) is 43.7 Å². The van der Waals surface area contributed by atoms with Gasteiger partial charge >= 0.3 is 11.0 Å². The molecule has 1 aromatic carbocycles. The molecule has 0 atom stereocenters. The molecule has 0 unspecified atom stereocenters. The number of rotatable bonds is 9. The van der Waals surface area contributed by atoms with Crippen LogP contribution >= 0.6 is 11.3 Å². The molecule has 0 bridgehead atoms. The lowest BCUT2D eigenvalue weighted by Crippen LogP contribution is -2.38. The molecule has 2 heterocycles. The first-order valence-electron chi connectivity index (χ1n) is 10.0. The molecule has 0 radical (unpaired) electrons. The minimum atomic E-state index is -0.592. The van der Waals surface area contributed by atoms with E-state index in [-0.39, 0.29) is 29.7 Å². The van der Waals surface area contributed by atoms with Gasteiger partial charge in [-0.1, -0.05) is 11.3 Å². The van der Waals surface area contributed by atoms with E-state index in [1.54, 1.807) is 23.3 Å². The predicted octanol–water partition coefficient (Wildman–Crippen LogP) is 3.80. The number of carbonyl (C=O) groups is 2. The van der Waals surface area contributed by atoms with E-state index in [0.29, 0.717) is 23.7 Å². The van der Waals surface area contributed by atoms with Crippen molar-refractivity contribution >= 4 is 28.2 Å². The van der Waals surface area contributed by atoms with Crippen LogP contribution in [0.3, 0.4) is 0 Å². The fourth-order valence-corrected chi connectivity index (χ4v) is 3.88. The molecule has 10 heteroatoms. The van der Waals surface area contributed by atoms with Gasteiger partial charge in [-0.2, -0.15) is 0 Å². The molecule has 1 saturated heterocycles. The van der Waals surface area contributed by atoms with Crippen molar-refractivity contribution in [2.24, 2.45) is 0 Å². The lowest BCUT2D eigenvalue weighted by atomic mass is 10.1. The smallest absolute Gasteiger partial charge is 0.338 e. The third-order valence-corrected chi connectivity index (χ3v) is 5.66. The van der Waals surface area contributed by atoms with Crippen molar-refractivity contribution in [2.75, 3.05) is 26.3 Å². The highest BCUT2D eigenvalue weighted by atomic mass is 32.1. The summed E-state index contributed by atoms with van der Waals surface area (Å²) < 4.78 is 16.5. The highest BCUT2D eigenvalue weighted by molar-refractivity contribution is 7.13. The molecular formula is C21H24N2O7S. The Morgan fingerprint density at radius 3 is 2.58 bits per heavy atom. The fraction of sp³-hybridized carbons (Fsp3) is 0.429. The molecular weight excluding hydrogens is 424 g/mol. The number of amides is 1. The Labute approximate surface area is 183 Å². The second-order valence-corrected chi connectivity index (χ2v) is 7.84. The van der Waals surface area contributed by atoms with Crippen LogP contribution in [0.25, 0.3) is 0 Å². The van der Waals surface area contributed by atoms with Crippen LogP contribution < -0.4 is 9.47 Å². The van der Waals surface area contributed by atoms with Gasteiger partial charge in [0.25, 0.3) is 5.91 Å². The molecule has 166 valence electrons.